The molecule has 4 nitrogen and oxygen atoms in total. The van der Waals surface area contributed by atoms with Crippen molar-refractivity contribution in [1.29, 1.82) is 5.26 Å². The summed E-state index contributed by atoms with van der Waals surface area (Å²) < 4.78 is 6.11. The highest BCUT2D eigenvalue weighted by molar-refractivity contribution is 7.13. The van der Waals surface area contributed by atoms with Gasteiger partial charge in [-0.1, -0.05) is 75.4 Å². The number of hydrogen-bond acceptors (Lipinski definition) is 4. The molecule has 2 heterocycles. The van der Waals surface area contributed by atoms with Crippen molar-refractivity contribution in [2.24, 2.45) is 5.41 Å². The number of hydrogen-bond donors (Lipinski definition) is 0. The third-order valence-electron chi connectivity index (χ3n) is 6.72. The molecule has 43 heavy (non-hydrogen) atoms. The van der Waals surface area contributed by atoms with Crippen LogP contribution in [0, 0.1) is 23.3 Å². The molecule has 0 saturated heterocycles. The summed E-state index contributed by atoms with van der Waals surface area (Å²) in [5, 5.41) is 9.38. The van der Waals surface area contributed by atoms with Crippen molar-refractivity contribution in [2.75, 3.05) is 4.90 Å². The van der Waals surface area contributed by atoms with E-state index in [1.54, 1.807) is 23.5 Å². The molecule has 3 aromatic carbocycles. The zero-order chi connectivity index (χ0) is 30.2. The Morgan fingerprint density at radius 2 is 1.33 bits per heavy atom. The minimum absolute atomic E-state index is 0.0559. The van der Waals surface area contributed by atoms with Gasteiger partial charge in [0.15, 0.2) is 0 Å². The van der Waals surface area contributed by atoms with Gasteiger partial charge in [0, 0.05) is 32.2 Å². The molecule has 0 N–H and O–H groups in total. The number of para-hydroxylation sites is 2. The summed E-state index contributed by atoms with van der Waals surface area (Å²) >= 11 is 1.67. The van der Waals surface area contributed by atoms with Gasteiger partial charge in [0.1, 0.15) is 11.5 Å². The lowest BCUT2D eigenvalue weighted by molar-refractivity contribution is 0.223. The van der Waals surface area contributed by atoms with Crippen molar-refractivity contribution in [2.45, 2.75) is 20.8 Å². The summed E-state index contributed by atoms with van der Waals surface area (Å²) in [7, 11) is 0. The second-order valence-electron chi connectivity index (χ2n) is 10.9. The Morgan fingerprint density at radius 3 is 1.86 bits per heavy atom. The highest BCUT2D eigenvalue weighted by atomic mass is 32.1. The number of ether oxygens (including phenoxy) is 1. The van der Waals surface area contributed by atoms with Crippen LogP contribution in [-0.2, 0) is 4.74 Å². The highest BCUT2D eigenvalue weighted by Crippen LogP contribution is 2.36. The van der Waals surface area contributed by atoms with E-state index in [-0.39, 0.29) is 11.1 Å². The van der Waals surface area contributed by atoms with Gasteiger partial charge in [-0.3, -0.25) is 0 Å². The zero-order valence-corrected chi connectivity index (χ0v) is 25.2. The van der Waals surface area contributed by atoms with Gasteiger partial charge >= 0.3 is 0 Å². The van der Waals surface area contributed by atoms with Crippen LogP contribution >= 0.6 is 11.3 Å². The lowest BCUT2D eigenvalue weighted by Gasteiger charge is -2.26. The average molecular weight is 578 g/mol. The van der Waals surface area contributed by atoms with Crippen LogP contribution in [0.3, 0.4) is 0 Å². The Bertz CT molecular complexity index is 1760. The van der Waals surface area contributed by atoms with E-state index < -0.39 is 0 Å². The number of benzene rings is 3. The van der Waals surface area contributed by atoms with Crippen LogP contribution in [0.15, 0.2) is 138 Å². The molecule has 0 unspecified atom stereocenters. The van der Waals surface area contributed by atoms with Gasteiger partial charge in [-0.2, -0.15) is 0 Å². The molecule has 0 bridgehead atoms. The Kier molecular flexibility index (Phi) is 8.87. The van der Waals surface area contributed by atoms with E-state index in [2.05, 4.69) is 107 Å². The maximum absolute atomic E-state index is 9.38. The van der Waals surface area contributed by atoms with E-state index in [9.17, 15) is 5.26 Å². The van der Waals surface area contributed by atoms with Crippen molar-refractivity contribution in [3.05, 3.63) is 165 Å². The van der Waals surface area contributed by atoms with E-state index in [0.29, 0.717) is 11.3 Å². The molecule has 5 rings (SSSR count). The van der Waals surface area contributed by atoms with Gasteiger partial charge in [0.05, 0.1) is 12.6 Å². The summed E-state index contributed by atoms with van der Waals surface area (Å²) in [6, 6.07) is 35.5. The Labute approximate surface area is 257 Å². The maximum atomic E-state index is 9.38. The van der Waals surface area contributed by atoms with Crippen molar-refractivity contribution >= 4 is 46.6 Å². The fraction of sp³-hybridized carbons (Fsp3) is 0.105. The number of nitrogens with zero attached hydrogens (tertiary/aromatic N) is 3. The van der Waals surface area contributed by atoms with Gasteiger partial charge in [-0.25, -0.2) is 10.1 Å². The van der Waals surface area contributed by atoms with Gasteiger partial charge in [0.25, 0.3) is 5.70 Å². The van der Waals surface area contributed by atoms with Crippen molar-refractivity contribution in [1.82, 2.24) is 0 Å². The summed E-state index contributed by atoms with van der Waals surface area (Å²) in [6.45, 7) is 13.5. The maximum Gasteiger partial charge on any atom is 0.269 e. The second kappa shape index (κ2) is 13.1. The lowest BCUT2D eigenvalue weighted by Crippen LogP contribution is -2.14. The second-order valence-corrected chi connectivity index (χ2v) is 12.1. The molecule has 4 aromatic rings. The molecule has 0 radical (unpaired) electrons. The quantitative estimate of drug-likeness (QED) is 0.162. The van der Waals surface area contributed by atoms with Crippen molar-refractivity contribution < 1.29 is 4.74 Å². The minimum Gasteiger partial charge on any atom is -0.461 e. The lowest BCUT2D eigenvalue weighted by atomic mass is 9.91. The first-order chi connectivity index (χ1) is 20.8. The van der Waals surface area contributed by atoms with Crippen LogP contribution in [0.4, 0.5) is 17.1 Å². The molecule has 0 fully saturated rings. The summed E-state index contributed by atoms with van der Waals surface area (Å²) in [5.74, 6) is 1.32. The molecule has 1 aliphatic rings. The smallest absolute Gasteiger partial charge is 0.269 e. The van der Waals surface area contributed by atoms with E-state index in [0.717, 1.165) is 38.1 Å². The van der Waals surface area contributed by atoms with Gasteiger partial charge in [0.2, 0.25) is 0 Å². The van der Waals surface area contributed by atoms with Crippen LogP contribution in [0.25, 0.3) is 23.1 Å². The fourth-order valence-corrected chi connectivity index (χ4v) is 5.31. The van der Waals surface area contributed by atoms with Crippen molar-refractivity contribution in [3.8, 4) is 6.07 Å². The van der Waals surface area contributed by atoms with E-state index in [1.807, 2.05) is 51.1 Å². The molecular weight excluding hydrogens is 547 g/mol. The molecule has 0 spiro atoms. The molecular formula is C38H31N3OS. The SMILES string of the molecule is [C-]#[N+]/C(C#N)=C1C=C(/C=C/c2ccc(/C=C/c3ccc(N(c4ccccc4)c4ccccc4)cc3)s2)OC(C(C)(C)C)=C/1. The van der Waals surface area contributed by atoms with Crippen LogP contribution in [0.1, 0.15) is 36.1 Å². The first kappa shape index (κ1) is 29.1. The Hall–Kier alpha value is -5.36. The van der Waals surface area contributed by atoms with Gasteiger partial charge in [-0.15, -0.1) is 11.3 Å². The molecule has 0 saturated carbocycles. The summed E-state index contributed by atoms with van der Waals surface area (Å²) in [5.41, 5.74) is 4.80. The van der Waals surface area contributed by atoms with Crippen LogP contribution in [0.5, 0.6) is 0 Å². The summed E-state index contributed by atoms with van der Waals surface area (Å²) in [4.78, 5) is 7.84. The molecule has 1 aromatic heterocycles. The van der Waals surface area contributed by atoms with E-state index in [4.69, 9.17) is 11.3 Å². The molecule has 0 amide bonds. The molecule has 0 atom stereocenters. The zero-order valence-electron chi connectivity index (χ0n) is 24.4. The van der Waals surface area contributed by atoms with E-state index >= 15 is 0 Å². The Morgan fingerprint density at radius 1 is 0.767 bits per heavy atom. The first-order valence-corrected chi connectivity index (χ1v) is 14.8. The summed E-state index contributed by atoms with van der Waals surface area (Å²) in [6.07, 6.45) is 11.7. The van der Waals surface area contributed by atoms with Crippen molar-refractivity contribution in [3.63, 3.8) is 0 Å². The predicted molar refractivity (Wildman–Crippen MR) is 179 cm³/mol. The third-order valence-corrected chi connectivity index (χ3v) is 7.74. The normalized spacial score (nSPS) is 14.4. The largest absolute Gasteiger partial charge is 0.461 e. The van der Waals surface area contributed by atoms with Crippen LogP contribution < -0.4 is 4.90 Å². The first-order valence-electron chi connectivity index (χ1n) is 13.9. The van der Waals surface area contributed by atoms with Gasteiger partial charge in [-0.05, 0) is 90.0 Å². The van der Waals surface area contributed by atoms with E-state index in [1.165, 1.54) is 0 Å². The third kappa shape index (κ3) is 7.29. The predicted octanol–water partition coefficient (Wildman–Crippen LogP) is 10.9. The Balaban J connectivity index is 1.31. The molecule has 5 heteroatoms. The molecule has 0 aliphatic carbocycles. The number of allylic oxidation sites excluding steroid dienone is 6. The number of nitriles is 1. The minimum atomic E-state index is -0.262. The number of rotatable bonds is 7. The fourth-order valence-electron chi connectivity index (χ4n) is 4.49. The average Bonchev–Trinajstić information content (AvgIpc) is 3.49. The standard InChI is InChI=1S/C38H31N3OS/c1-38(2,3)37-26-29(36(27-39)40-4)25-33(42-37)20-22-35-24-23-34(43-35)21-17-28-15-18-32(19-16-28)41(30-11-7-5-8-12-30)31-13-9-6-10-14-31/h5-26H,1-3H3/b21-17+,22-20+,36-29-. The molecule has 1 aliphatic heterocycles. The number of anilines is 3. The molecule has 210 valence electrons. The van der Waals surface area contributed by atoms with Crippen LogP contribution in [-0.4, -0.2) is 0 Å². The van der Waals surface area contributed by atoms with Gasteiger partial charge < -0.3 is 9.64 Å². The topological polar surface area (TPSA) is 40.6 Å². The van der Waals surface area contributed by atoms with Crippen LogP contribution in [0.2, 0.25) is 0 Å². The highest BCUT2D eigenvalue weighted by Gasteiger charge is 2.24. The number of thiophene rings is 1. The monoisotopic (exact) mass is 577 g/mol.